The summed E-state index contributed by atoms with van der Waals surface area (Å²) >= 11 is 0. The van der Waals surface area contributed by atoms with Crippen LogP contribution in [0.1, 0.15) is 11.4 Å². The van der Waals surface area contributed by atoms with Crippen LogP contribution < -0.4 is 10.6 Å². The highest BCUT2D eigenvalue weighted by Crippen LogP contribution is 2.15. The molecule has 0 bridgehead atoms. The SMILES string of the molecule is CNC(=O)Nc1c(C)n[nH]c1C. The minimum Gasteiger partial charge on any atom is -0.341 e. The van der Waals surface area contributed by atoms with Crippen LogP contribution in [-0.2, 0) is 0 Å². The Hall–Kier alpha value is -1.52. The van der Waals surface area contributed by atoms with E-state index in [1.807, 2.05) is 13.8 Å². The molecule has 0 spiro atoms. The van der Waals surface area contributed by atoms with Crippen LogP contribution in [0, 0.1) is 13.8 Å². The monoisotopic (exact) mass is 168 g/mol. The van der Waals surface area contributed by atoms with Crippen molar-refractivity contribution in [2.45, 2.75) is 13.8 Å². The van der Waals surface area contributed by atoms with Gasteiger partial charge in [-0.3, -0.25) is 5.10 Å². The Bertz CT molecular complexity index is 272. The molecule has 0 atom stereocenters. The fourth-order valence-corrected chi connectivity index (χ4v) is 0.911. The molecule has 0 aromatic carbocycles. The lowest BCUT2D eigenvalue weighted by Crippen LogP contribution is -2.24. The number of amides is 2. The van der Waals surface area contributed by atoms with E-state index in [-0.39, 0.29) is 6.03 Å². The Balaban J connectivity index is 2.80. The van der Waals surface area contributed by atoms with Gasteiger partial charge in [0.05, 0.1) is 17.1 Å². The number of carbonyl (C=O) groups excluding carboxylic acids is 1. The Morgan fingerprint density at radius 1 is 1.50 bits per heavy atom. The average Bonchev–Trinajstić information content (AvgIpc) is 2.35. The van der Waals surface area contributed by atoms with Gasteiger partial charge < -0.3 is 10.6 Å². The number of aromatic amines is 1. The predicted octanol–water partition coefficient (Wildman–Crippen LogP) is 0.778. The zero-order chi connectivity index (χ0) is 9.14. The van der Waals surface area contributed by atoms with Gasteiger partial charge in [0, 0.05) is 7.05 Å². The number of anilines is 1. The molecular formula is C7H12N4O. The lowest BCUT2D eigenvalue weighted by Gasteiger charge is -2.02. The largest absolute Gasteiger partial charge is 0.341 e. The maximum Gasteiger partial charge on any atom is 0.319 e. The molecule has 5 nitrogen and oxygen atoms in total. The van der Waals surface area contributed by atoms with E-state index in [1.165, 1.54) is 0 Å². The third-order valence-electron chi connectivity index (χ3n) is 1.59. The molecule has 0 unspecified atom stereocenters. The van der Waals surface area contributed by atoms with Crippen molar-refractivity contribution < 1.29 is 4.79 Å². The number of rotatable bonds is 1. The molecule has 2 amide bonds. The second kappa shape index (κ2) is 3.25. The quantitative estimate of drug-likeness (QED) is 0.580. The second-order valence-electron chi connectivity index (χ2n) is 2.51. The molecule has 66 valence electrons. The first kappa shape index (κ1) is 8.58. The highest BCUT2D eigenvalue weighted by Gasteiger charge is 2.07. The van der Waals surface area contributed by atoms with Gasteiger partial charge in [0.15, 0.2) is 0 Å². The minimum atomic E-state index is -0.234. The molecule has 1 heterocycles. The fraction of sp³-hybridized carbons (Fsp3) is 0.429. The number of nitrogens with one attached hydrogen (secondary N) is 3. The van der Waals surface area contributed by atoms with E-state index in [0.717, 1.165) is 17.1 Å². The minimum absolute atomic E-state index is 0.234. The number of carbonyl (C=O) groups is 1. The number of aryl methyl sites for hydroxylation is 2. The Labute approximate surface area is 70.5 Å². The van der Waals surface area contributed by atoms with E-state index >= 15 is 0 Å². The van der Waals surface area contributed by atoms with Gasteiger partial charge in [-0.05, 0) is 13.8 Å². The van der Waals surface area contributed by atoms with Crippen molar-refractivity contribution in [3.63, 3.8) is 0 Å². The van der Waals surface area contributed by atoms with Crippen molar-refractivity contribution in [1.82, 2.24) is 15.5 Å². The Kier molecular flexibility index (Phi) is 2.32. The van der Waals surface area contributed by atoms with E-state index in [9.17, 15) is 4.79 Å². The lowest BCUT2D eigenvalue weighted by molar-refractivity contribution is 0.254. The summed E-state index contributed by atoms with van der Waals surface area (Å²) in [4.78, 5) is 10.9. The molecule has 0 fully saturated rings. The highest BCUT2D eigenvalue weighted by atomic mass is 16.2. The van der Waals surface area contributed by atoms with Crippen LogP contribution in [0.4, 0.5) is 10.5 Å². The van der Waals surface area contributed by atoms with Gasteiger partial charge in [-0.2, -0.15) is 5.10 Å². The Morgan fingerprint density at radius 2 is 2.17 bits per heavy atom. The standard InChI is InChI=1S/C7H12N4O/c1-4-6(5(2)11-10-4)9-7(12)8-3/h1-3H3,(H,10,11)(H2,8,9,12). The first-order chi connectivity index (χ1) is 5.65. The second-order valence-corrected chi connectivity index (χ2v) is 2.51. The molecule has 1 aromatic rings. The van der Waals surface area contributed by atoms with Crippen LogP contribution in [0.15, 0.2) is 0 Å². The number of hydrogen-bond donors (Lipinski definition) is 3. The van der Waals surface area contributed by atoms with Crippen molar-refractivity contribution in [1.29, 1.82) is 0 Å². The van der Waals surface area contributed by atoms with E-state index < -0.39 is 0 Å². The molecule has 0 aliphatic carbocycles. The summed E-state index contributed by atoms with van der Waals surface area (Å²) in [6.07, 6.45) is 0. The summed E-state index contributed by atoms with van der Waals surface area (Å²) in [7, 11) is 1.57. The topological polar surface area (TPSA) is 69.8 Å². The first-order valence-electron chi connectivity index (χ1n) is 3.65. The lowest BCUT2D eigenvalue weighted by atomic mass is 10.3. The number of H-pyrrole nitrogens is 1. The summed E-state index contributed by atoms with van der Waals surface area (Å²) in [5.41, 5.74) is 2.39. The molecule has 12 heavy (non-hydrogen) atoms. The average molecular weight is 168 g/mol. The van der Waals surface area contributed by atoms with Crippen molar-refractivity contribution in [2.75, 3.05) is 12.4 Å². The molecule has 0 aliphatic heterocycles. The van der Waals surface area contributed by atoms with Crippen LogP contribution in [0.25, 0.3) is 0 Å². The Morgan fingerprint density at radius 3 is 2.58 bits per heavy atom. The van der Waals surface area contributed by atoms with Crippen molar-refractivity contribution in [2.24, 2.45) is 0 Å². The van der Waals surface area contributed by atoms with Crippen molar-refractivity contribution >= 4 is 11.7 Å². The van der Waals surface area contributed by atoms with E-state index in [2.05, 4.69) is 20.8 Å². The zero-order valence-electron chi connectivity index (χ0n) is 7.36. The van der Waals surface area contributed by atoms with Crippen LogP contribution >= 0.6 is 0 Å². The van der Waals surface area contributed by atoms with Crippen LogP contribution in [0.5, 0.6) is 0 Å². The fourth-order valence-electron chi connectivity index (χ4n) is 0.911. The number of hydrogen-bond acceptors (Lipinski definition) is 2. The highest BCUT2D eigenvalue weighted by molar-refractivity contribution is 5.90. The van der Waals surface area contributed by atoms with Gasteiger partial charge in [0.1, 0.15) is 0 Å². The third kappa shape index (κ3) is 1.55. The number of urea groups is 1. The summed E-state index contributed by atoms with van der Waals surface area (Å²) in [5, 5.41) is 11.8. The molecule has 3 N–H and O–H groups in total. The maximum absolute atomic E-state index is 10.9. The van der Waals surface area contributed by atoms with E-state index in [0.29, 0.717) is 0 Å². The molecule has 1 aromatic heterocycles. The van der Waals surface area contributed by atoms with Crippen molar-refractivity contribution in [3.05, 3.63) is 11.4 Å². The maximum atomic E-state index is 10.9. The van der Waals surface area contributed by atoms with Gasteiger partial charge >= 0.3 is 6.03 Å². The number of nitrogens with zero attached hydrogens (tertiary/aromatic N) is 1. The van der Waals surface area contributed by atoms with Gasteiger partial charge in [-0.15, -0.1) is 0 Å². The molecule has 5 heteroatoms. The summed E-state index contributed by atoms with van der Waals surface area (Å²) in [6.45, 7) is 3.68. The third-order valence-corrected chi connectivity index (χ3v) is 1.59. The summed E-state index contributed by atoms with van der Waals surface area (Å²) in [5.74, 6) is 0. The van der Waals surface area contributed by atoms with Gasteiger partial charge in [-0.25, -0.2) is 4.79 Å². The summed E-state index contributed by atoms with van der Waals surface area (Å²) in [6, 6.07) is -0.234. The molecule has 0 radical (unpaired) electrons. The van der Waals surface area contributed by atoms with Gasteiger partial charge in [0.2, 0.25) is 0 Å². The molecular weight excluding hydrogens is 156 g/mol. The van der Waals surface area contributed by atoms with Gasteiger partial charge in [-0.1, -0.05) is 0 Å². The number of aromatic nitrogens is 2. The zero-order valence-corrected chi connectivity index (χ0v) is 7.36. The van der Waals surface area contributed by atoms with Gasteiger partial charge in [0.25, 0.3) is 0 Å². The van der Waals surface area contributed by atoms with E-state index in [1.54, 1.807) is 7.05 Å². The summed E-state index contributed by atoms with van der Waals surface area (Å²) < 4.78 is 0. The van der Waals surface area contributed by atoms with Crippen LogP contribution in [-0.4, -0.2) is 23.3 Å². The van der Waals surface area contributed by atoms with E-state index in [4.69, 9.17) is 0 Å². The molecule has 0 saturated heterocycles. The molecule has 0 aliphatic rings. The smallest absolute Gasteiger partial charge is 0.319 e. The molecule has 1 rings (SSSR count). The van der Waals surface area contributed by atoms with Crippen LogP contribution in [0.2, 0.25) is 0 Å². The predicted molar refractivity (Wildman–Crippen MR) is 46.1 cm³/mol. The first-order valence-corrected chi connectivity index (χ1v) is 3.65. The molecule has 0 saturated carbocycles. The van der Waals surface area contributed by atoms with Crippen molar-refractivity contribution in [3.8, 4) is 0 Å². The normalized spacial score (nSPS) is 9.58. The van der Waals surface area contributed by atoms with Crippen LogP contribution in [0.3, 0.4) is 0 Å².